The highest BCUT2D eigenvalue weighted by atomic mass is 16.5. The normalized spacial score (nSPS) is 10.8. The fourth-order valence-electron chi connectivity index (χ4n) is 2.25. The van der Waals surface area contributed by atoms with Gasteiger partial charge >= 0.3 is 5.97 Å². The lowest BCUT2D eigenvalue weighted by molar-refractivity contribution is 0.0590. The summed E-state index contributed by atoms with van der Waals surface area (Å²) in [6, 6.07) is 6.47. The van der Waals surface area contributed by atoms with Gasteiger partial charge in [0.05, 0.1) is 12.7 Å². The van der Waals surface area contributed by atoms with E-state index in [9.17, 15) is 14.7 Å². The van der Waals surface area contributed by atoms with Gasteiger partial charge in [-0.05, 0) is 29.7 Å². The summed E-state index contributed by atoms with van der Waals surface area (Å²) in [7, 11) is 2.95. The first-order valence-corrected chi connectivity index (χ1v) is 6.97. The van der Waals surface area contributed by atoms with Crippen LogP contribution >= 0.6 is 0 Å². The number of methoxy groups -OCH3 is 1. The SMILES string of the molecule is COC(=O)c1cc(C(=O)c2cc(C(C)C)ccc2O)cn1C. The zero-order chi connectivity index (χ0) is 16.4. The molecule has 116 valence electrons. The zero-order valence-electron chi connectivity index (χ0n) is 13.1. The predicted molar refractivity (Wildman–Crippen MR) is 82.4 cm³/mol. The summed E-state index contributed by atoms with van der Waals surface area (Å²) < 4.78 is 6.20. The first kappa shape index (κ1) is 15.8. The standard InChI is InChI=1S/C17H19NO4/c1-10(2)11-5-6-15(19)13(7-11)16(20)12-8-14(17(21)22-4)18(3)9-12/h5-10,19H,1-4H3. The van der Waals surface area contributed by atoms with Crippen LogP contribution < -0.4 is 0 Å². The Hall–Kier alpha value is -2.56. The summed E-state index contributed by atoms with van der Waals surface area (Å²) in [6.07, 6.45) is 1.55. The van der Waals surface area contributed by atoms with Crippen LogP contribution in [-0.2, 0) is 11.8 Å². The third kappa shape index (κ3) is 2.88. The fraction of sp³-hybridized carbons (Fsp3) is 0.294. The number of aryl methyl sites for hydroxylation is 1. The quantitative estimate of drug-likeness (QED) is 0.696. The van der Waals surface area contributed by atoms with Gasteiger partial charge in [0, 0.05) is 18.8 Å². The van der Waals surface area contributed by atoms with Crippen LogP contribution in [0, 0.1) is 0 Å². The summed E-state index contributed by atoms with van der Waals surface area (Å²) in [5.41, 5.74) is 1.81. The van der Waals surface area contributed by atoms with Gasteiger partial charge in [-0.25, -0.2) is 4.79 Å². The second kappa shape index (κ2) is 6.05. The van der Waals surface area contributed by atoms with Crippen LogP contribution in [-0.4, -0.2) is 28.5 Å². The number of hydrogen-bond donors (Lipinski definition) is 1. The van der Waals surface area contributed by atoms with E-state index in [1.807, 2.05) is 13.8 Å². The monoisotopic (exact) mass is 301 g/mol. The highest BCUT2D eigenvalue weighted by Crippen LogP contribution is 2.26. The Labute approximate surface area is 129 Å². The van der Waals surface area contributed by atoms with Crippen molar-refractivity contribution in [3.8, 4) is 5.75 Å². The largest absolute Gasteiger partial charge is 0.507 e. The van der Waals surface area contributed by atoms with E-state index in [4.69, 9.17) is 0 Å². The molecule has 0 radical (unpaired) electrons. The Balaban J connectivity index is 2.44. The minimum absolute atomic E-state index is 0.0714. The highest BCUT2D eigenvalue weighted by molar-refractivity contribution is 6.11. The van der Waals surface area contributed by atoms with Gasteiger partial charge < -0.3 is 14.4 Å². The first-order valence-electron chi connectivity index (χ1n) is 6.97. The molecule has 5 heteroatoms. The van der Waals surface area contributed by atoms with Gasteiger partial charge in [0.15, 0.2) is 5.78 Å². The van der Waals surface area contributed by atoms with Crippen molar-refractivity contribution in [2.75, 3.05) is 7.11 Å². The van der Waals surface area contributed by atoms with Crippen LogP contribution in [0.1, 0.15) is 51.7 Å². The van der Waals surface area contributed by atoms with Crippen molar-refractivity contribution >= 4 is 11.8 Å². The number of phenolic OH excluding ortho intramolecular Hbond substituents is 1. The van der Waals surface area contributed by atoms with Gasteiger partial charge in [0.2, 0.25) is 0 Å². The van der Waals surface area contributed by atoms with Crippen LogP contribution in [0.3, 0.4) is 0 Å². The topological polar surface area (TPSA) is 68.5 Å². The van der Waals surface area contributed by atoms with E-state index in [2.05, 4.69) is 4.74 Å². The second-order valence-corrected chi connectivity index (χ2v) is 5.48. The third-order valence-electron chi connectivity index (χ3n) is 3.59. The Morgan fingerprint density at radius 3 is 2.50 bits per heavy atom. The molecule has 1 aromatic carbocycles. The Morgan fingerprint density at radius 2 is 1.91 bits per heavy atom. The molecule has 5 nitrogen and oxygen atoms in total. The van der Waals surface area contributed by atoms with Crippen LogP contribution in [0.25, 0.3) is 0 Å². The van der Waals surface area contributed by atoms with Crippen LogP contribution in [0.4, 0.5) is 0 Å². The third-order valence-corrected chi connectivity index (χ3v) is 3.59. The summed E-state index contributed by atoms with van der Waals surface area (Å²) in [5, 5.41) is 9.96. The number of aromatic hydroxyl groups is 1. The minimum Gasteiger partial charge on any atom is -0.507 e. The van der Waals surface area contributed by atoms with Crippen molar-refractivity contribution in [2.24, 2.45) is 7.05 Å². The Kier molecular flexibility index (Phi) is 4.35. The predicted octanol–water partition coefficient (Wildman–Crippen LogP) is 2.87. The number of rotatable bonds is 4. The van der Waals surface area contributed by atoms with Crippen molar-refractivity contribution in [3.63, 3.8) is 0 Å². The van der Waals surface area contributed by atoms with Crippen molar-refractivity contribution in [2.45, 2.75) is 19.8 Å². The molecule has 0 saturated heterocycles. The van der Waals surface area contributed by atoms with Gasteiger partial charge in [-0.2, -0.15) is 0 Å². The first-order chi connectivity index (χ1) is 10.3. The lowest BCUT2D eigenvalue weighted by Gasteiger charge is -2.09. The maximum atomic E-state index is 12.6. The molecule has 0 unspecified atom stereocenters. The molecule has 1 N–H and O–H groups in total. The molecule has 0 fully saturated rings. The molecule has 0 amide bonds. The van der Waals surface area contributed by atoms with E-state index in [1.165, 1.54) is 23.8 Å². The van der Waals surface area contributed by atoms with E-state index in [0.29, 0.717) is 5.56 Å². The molecule has 0 aliphatic heterocycles. The number of benzene rings is 1. The molecule has 0 atom stereocenters. The van der Waals surface area contributed by atoms with Gasteiger partial charge in [-0.15, -0.1) is 0 Å². The molecule has 0 aliphatic carbocycles. The van der Waals surface area contributed by atoms with E-state index < -0.39 is 5.97 Å². The Morgan fingerprint density at radius 1 is 1.23 bits per heavy atom. The number of esters is 1. The van der Waals surface area contributed by atoms with Gasteiger partial charge in [-0.3, -0.25) is 4.79 Å². The van der Waals surface area contributed by atoms with Crippen molar-refractivity contribution in [3.05, 3.63) is 52.8 Å². The molecule has 0 spiro atoms. The molecular formula is C17H19NO4. The number of phenols is 1. The molecule has 0 bridgehead atoms. The van der Waals surface area contributed by atoms with Gasteiger partial charge in [0.25, 0.3) is 0 Å². The number of ether oxygens (including phenoxy) is 1. The van der Waals surface area contributed by atoms with E-state index in [1.54, 1.807) is 25.4 Å². The molecule has 0 saturated carbocycles. The minimum atomic E-state index is -0.512. The molecule has 2 aromatic rings. The molecule has 1 aromatic heterocycles. The summed E-state index contributed by atoms with van der Waals surface area (Å²) in [5.74, 6) is -0.668. The molecule has 2 rings (SSSR count). The highest BCUT2D eigenvalue weighted by Gasteiger charge is 2.20. The van der Waals surface area contributed by atoms with Crippen molar-refractivity contribution < 1.29 is 19.4 Å². The van der Waals surface area contributed by atoms with Gasteiger partial charge in [-0.1, -0.05) is 19.9 Å². The number of aromatic nitrogens is 1. The van der Waals surface area contributed by atoms with Gasteiger partial charge in [0.1, 0.15) is 11.4 Å². The smallest absolute Gasteiger partial charge is 0.354 e. The molecule has 1 heterocycles. The average Bonchev–Trinajstić information content (AvgIpc) is 2.88. The van der Waals surface area contributed by atoms with Crippen LogP contribution in [0.2, 0.25) is 0 Å². The zero-order valence-corrected chi connectivity index (χ0v) is 13.1. The van der Waals surface area contributed by atoms with Crippen LogP contribution in [0.15, 0.2) is 30.5 Å². The van der Waals surface area contributed by atoms with E-state index in [0.717, 1.165) is 5.56 Å². The maximum absolute atomic E-state index is 12.6. The summed E-state index contributed by atoms with van der Waals surface area (Å²) in [6.45, 7) is 4.02. The molecule has 22 heavy (non-hydrogen) atoms. The molecule has 0 aliphatic rings. The number of carbonyl (C=O) groups excluding carboxylic acids is 2. The average molecular weight is 301 g/mol. The fourth-order valence-corrected chi connectivity index (χ4v) is 2.25. The lowest BCUT2D eigenvalue weighted by atomic mass is 9.97. The Bertz CT molecular complexity index is 728. The number of ketones is 1. The lowest BCUT2D eigenvalue weighted by Crippen LogP contribution is -2.06. The number of carbonyl (C=O) groups is 2. The van der Waals surface area contributed by atoms with E-state index in [-0.39, 0.29) is 28.7 Å². The van der Waals surface area contributed by atoms with Crippen LogP contribution in [0.5, 0.6) is 5.75 Å². The second-order valence-electron chi connectivity index (χ2n) is 5.48. The number of nitrogens with zero attached hydrogens (tertiary/aromatic N) is 1. The molecular weight excluding hydrogens is 282 g/mol. The van der Waals surface area contributed by atoms with Crippen molar-refractivity contribution in [1.82, 2.24) is 4.57 Å². The maximum Gasteiger partial charge on any atom is 0.354 e. The number of hydrogen-bond acceptors (Lipinski definition) is 4. The summed E-state index contributed by atoms with van der Waals surface area (Å²) >= 11 is 0. The summed E-state index contributed by atoms with van der Waals surface area (Å²) in [4.78, 5) is 24.2. The van der Waals surface area contributed by atoms with Crippen molar-refractivity contribution in [1.29, 1.82) is 0 Å². The van der Waals surface area contributed by atoms with E-state index >= 15 is 0 Å².